The van der Waals surface area contributed by atoms with Gasteiger partial charge in [0.25, 0.3) is 0 Å². The lowest BCUT2D eigenvalue weighted by molar-refractivity contribution is -0.142. The Balaban J connectivity index is 2.44. The Labute approximate surface area is 112 Å². The van der Waals surface area contributed by atoms with E-state index in [4.69, 9.17) is 5.11 Å². The Morgan fingerprint density at radius 1 is 1.42 bits per heavy atom. The van der Waals surface area contributed by atoms with Gasteiger partial charge in [-0.25, -0.2) is 0 Å². The highest BCUT2D eigenvalue weighted by atomic mass is 16.4. The van der Waals surface area contributed by atoms with E-state index in [2.05, 4.69) is 10.4 Å². The van der Waals surface area contributed by atoms with Crippen LogP contribution in [0.1, 0.15) is 31.7 Å². The van der Waals surface area contributed by atoms with Crippen molar-refractivity contribution in [1.82, 2.24) is 15.1 Å². The minimum absolute atomic E-state index is 0.159. The quantitative estimate of drug-likeness (QED) is 0.808. The lowest BCUT2D eigenvalue weighted by Crippen LogP contribution is -2.40. The molecular formula is C13H21N3O3. The van der Waals surface area contributed by atoms with Gasteiger partial charge < -0.3 is 10.4 Å². The number of hydrogen-bond acceptors (Lipinski definition) is 3. The largest absolute Gasteiger partial charge is 0.481 e. The first-order valence-electron chi connectivity index (χ1n) is 6.34. The van der Waals surface area contributed by atoms with Gasteiger partial charge >= 0.3 is 5.97 Å². The zero-order valence-electron chi connectivity index (χ0n) is 11.8. The third-order valence-electron chi connectivity index (χ3n) is 3.18. The Morgan fingerprint density at radius 2 is 2.05 bits per heavy atom. The lowest BCUT2D eigenvalue weighted by atomic mass is 10.0. The highest BCUT2D eigenvalue weighted by molar-refractivity contribution is 5.77. The maximum absolute atomic E-state index is 11.7. The monoisotopic (exact) mass is 267 g/mol. The van der Waals surface area contributed by atoms with Crippen molar-refractivity contribution in [3.8, 4) is 0 Å². The zero-order chi connectivity index (χ0) is 14.6. The van der Waals surface area contributed by atoms with Crippen LogP contribution in [0.4, 0.5) is 0 Å². The van der Waals surface area contributed by atoms with Crippen molar-refractivity contribution in [2.45, 2.75) is 46.7 Å². The number of amides is 1. The van der Waals surface area contributed by atoms with E-state index < -0.39 is 11.9 Å². The molecule has 2 atom stereocenters. The predicted octanol–water partition coefficient (Wildman–Crippen LogP) is 1.12. The summed E-state index contributed by atoms with van der Waals surface area (Å²) in [5.41, 5.74) is 1.93. The topological polar surface area (TPSA) is 84.2 Å². The summed E-state index contributed by atoms with van der Waals surface area (Å²) in [5, 5.41) is 15.8. The van der Waals surface area contributed by atoms with Crippen molar-refractivity contribution in [1.29, 1.82) is 0 Å². The van der Waals surface area contributed by atoms with E-state index in [1.165, 1.54) is 0 Å². The minimum atomic E-state index is -0.911. The Morgan fingerprint density at radius 3 is 2.53 bits per heavy atom. The van der Waals surface area contributed by atoms with E-state index in [9.17, 15) is 9.59 Å². The smallest absolute Gasteiger partial charge is 0.308 e. The first-order chi connectivity index (χ1) is 8.81. The number of aromatic nitrogens is 2. The minimum Gasteiger partial charge on any atom is -0.481 e. The lowest BCUT2D eigenvalue weighted by Gasteiger charge is -2.17. The normalized spacial score (nSPS) is 13.9. The SMILES string of the molecule is Cc1cc(C)n(CCC(=O)NC(C)C(C)C(=O)O)n1. The number of carboxylic acid groups (broad SMARTS) is 1. The molecule has 0 radical (unpaired) electrons. The van der Waals surface area contributed by atoms with Crippen molar-refractivity contribution in [3.63, 3.8) is 0 Å². The van der Waals surface area contributed by atoms with Gasteiger partial charge in [-0.2, -0.15) is 5.10 Å². The Kier molecular flexibility index (Phi) is 5.09. The molecule has 0 aliphatic carbocycles. The maximum Gasteiger partial charge on any atom is 0.308 e. The number of carbonyl (C=O) groups excluding carboxylic acids is 1. The van der Waals surface area contributed by atoms with Crippen LogP contribution in [0.3, 0.4) is 0 Å². The second kappa shape index (κ2) is 6.36. The van der Waals surface area contributed by atoms with Gasteiger partial charge in [0.15, 0.2) is 0 Å². The number of hydrogen-bond donors (Lipinski definition) is 2. The van der Waals surface area contributed by atoms with Crippen molar-refractivity contribution < 1.29 is 14.7 Å². The molecule has 1 rings (SSSR count). The van der Waals surface area contributed by atoms with E-state index in [-0.39, 0.29) is 11.9 Å². The molecule has 6 heteroatoms. The van der Waals surface area contributed by atoms with Crippen LogP contribution >= 0.6 is 0 Å². The molecule has 106 valence electrons. The molecule has 0 saturated carbocycles. The van der Waals surface area contributed by atoms with E-state index in [0.717, 1.165) is 11.4 Å². The molecule has 19 heavy (non-hydrogen) atoms. The molecule has 6 nitrogen and oxygen atoms in total. The van der Waals surface area contributed by atoms with Gasteiger partial charge in [-0.05, 0) is 33.8 Å². The van der Waals surface area contributed by atoms with Crippen molar-refractivity contribution >= 4 is 11.9 Å². The molecule has 2 N–H and O–H groups in total. The summed E-state index contributed by atoms with van der Waals surface area (Å²) < 4.78 is 1.78. The fourth-order valence-electron chi connectivity index (χ4n) is 1.77. The second-order valence-electron chi connectivity index (χ2n) is 4.88. The number of carbonyl (C=O) groups is 2. The summed E-state index contributed by atoms with van der Waals surface area (Å²) >= 11 is 0. The van der Waals surface area contributed by atoms with Gasteiger partial charge in [0.2, 0.25) is 5.91 Å². The fraction of sp³-hybridized carbons (Fsp3) is 0.615. The van der Waals surface area contributed by atoms with E-state index >= 15 is 0 Å². The summed E-state index contributed by atoms with van der Waals surface area (Å²) in [5.74, 6) is -1.67. The molecule has 0 spiro atoms. The third kappa shape index (κ3) is 4.39. The van der Waals surface area contributed by atoms with Gasteiger partial charge in [-0.15, -0.1) is 0 Å². The molecule has 0 saturated heterocycles. The summed E-state index contributed by atoms with van der Waals surface area (Å²) in [4.78, 5) is 22.5. The van der Waals surface area contributed by atoms with Crippen LogP contribution in [-0.2, 0) is 16.1 Å². The average molecular weight is 267 g/mol. The van der Waals surface area contributed by atoms with Gasteiger partial charge in [0, 0.05) is 24.7 Å². The molecule has 0 bridgehead atoms. The van der Waals surface area contributed by atoms with Crippen molar-refractivity contribution in [2.24, 2.45) is 5.92 Å². The van der Waals surface area contributed by atoms with Crippen LogP contribution < -0.4 is 5.32 Å². The van der Waals surface area contributed by atoms with Crippen molar-refractivity contribution in [2.75, 3.05) is 0 Å². The molecular weight excluding hydrogens is 246 g/mol. The Bertz CT molecular complexity index is 468. The molecule has 0 aliphatic heterocycles. The van der Waals surface area contributed by atoms with Crippen LogP contribution in [0.15, 0.2) is 6.07 Å². The van der Waals surface area contributed by atoms with Gasteiger partial charge in [-0.1, -0.05) is 0 Å². The van der Waals surface area contributed by atoms with Crippen LogP contribution in [0, 0.1) is 19.8 Å². The van der Waals surface area contributed by atoms with Gasteiger partial charge in [0.05, 0.1) is 11.6 Å². The molecule has 1 aromatic rings. The molecule has 1 aromatic heterocycles. The fourth-order valence-corrected chi connectivity index (χ4v) is 1.77. The number of nitrogens with one attached hydrogen (secondary N) is 1. The van der Waals surface area contributed by atoms with E-state index in [0.29, 0.717) is 13.0 Å². The summed E-state index contributed by atoms with van der Waals surface area (Å²) in [6.07, 6.45) is 0.290. The van der Waals surface area contributed by atoms with Crippen LogP contribution in [0.2, 0.25) is 0 Å². The van der Waals surface area contributed by atoms with Crippen LogP contribution in [0.5, 0.6) is 0 Å². The predicted molar refractivity (Wildman–Crippen MR) is 70.7 cm³/mol. The average Bonchev–Trinajstić information content (AvgIpc) is 2.64. The van der Waals surface area contributed by atoms with Gasteiger partial charge in [0.1, 0.15) is 0 Å². The van der Waals surface area contributed by atoms with Gasteiger partial charge in [-0.3, -0.25) is 14.3 Å². The molecule has 0 aliphatic rings. The summed E-state index contributed by atoms with van der Waals surface area (Å²) in [6.45, 7) is 7.61. The third-order valence-corrected chi connectivity index (χ3v) is 3.18. The van der Waals surface area contributed by atoms with Crippen molar-refractivity contribution in [3.05, 3.63) is 17.5 Å². The summed E-state index contributed by atoms with van der Waals surface area (Å²) in [7, 11) is 0. The second-order valence-corrected chi connectivity index (χ2v) is 4.88. The molecule has 1 amide bonds. The number of aryl methyl sites for hydroxylation is 3. The molecule has 0 aromatic carbocycles. The first-order valence-corrected chi connectivity index (χ1v) is 6.34. The summed E-state index contributed by atoms with van der Waals surface area (Å²) in [6, 6.07) is 1.57. The highest BCUT2D eigenvalue weighted by Crippen LogP contribution is 2.05. The van der Waals surface area contributed by atoms with E-state index in [1.54, 1.807) is 18.5 Å². The molecule has 2 unspecified atom stereocenters. The standard InChI is InChI=1S/C13H21N3O3/c1-8-7-9(2)16(15-8)6-5-12(17)14-11(4)10(3)13(18)19/h7,10-11H,5-6H2,1-4H3,(H,14,17)(H,18,19). The van der Waals surface area contributed by atoms with E-state index in [1.807, 2.05) is 19.9 Å². The van der Waals surface area contributed by atoms with Crippen LogP contribution in [0.25, 0.3) is 0 Å². The first kappa shape index (κ1) is 15.2. The number of rotatable bonds is 6. The molecule has 1 heterocycles. The number of aliphatic carboxylic acids is 1. The maximum atomic E-state index is 11.7. The zero-order valence-corrected chi connectivity index (χ0v) is 11.8. The number of nitrogens with zero attached hydrogens (tertiary/aromatic N) is 2. The number of carboxylic acids is 1. The Hall–Kier alpha value is -1.85. The molecule has 0 fully saturated rings. The van der Waals surface area contributed by atoms with Crippen LogP contribution in [-0.4, -0.2) is 32.8 Å². The highest BCUT2D eigenvalue weighted by Gasteiger charge is 2.20.